The molecule has 1 aromatic carbocycles. The van der Waals surface area contributed by atoms with E-state index in [1.54, 1.807) is 6.07 Å². The quantitative estimate of drug-likeness (QED) is 0.833. The highest BCUT2D eigenvalue weighted by atomic mass is 79.9. The molecule has 0 unspecified atom stereocenters. The normalized spacial score (nSPS) is 9.15. The molecule has 0 saturated carbocycles. The largest absolute Gasteiger partial charge is 0.324 e. The van der Waals surface area contributed by atoms with E-state index >= 15 is 0 Å². The van der Waals surface area contributed by atoms with E-state index in [1.807, 2.05) is 19.1 Å². The van der Waals surface area contributed by atoms with Gasteiger partial charge in [0.15, 0.2) is 5.78 Å². The van der Waals surface area contributed by atoms with Crippen LogP contribution in [0.4, 0.5) is 0 Å². The maximum Gasteiger partial charge on any atom is 0.176 e. The molecule has 0 aliphatic heterocycles. The Morgan fingerprint density at radius 3 is 2.54 bits per heavy atom. The fraction of sp³-hybridized carbons (Fsp3) is 0.222. The topological polar surface area (TPSA) is 43.1 Å². The number of nitrogens with two attached hydrogens (primary N) is 1. The number of aryl methyl sites for hydroxylation is 1. The van der Waals surface area contributed by atoms with Crippen LogP contribution < -0.4 is 5.73 Å². The molecule has 0 bridgehead atoms. The van der Waals surface area contributed by atoms with Crippen molar-refractivity contribution in [2.45, 2.75) is 6.92 Å². The molecule has 0 amide bonds. The van der Waals surface area contributed by atoms with Gasteiger partial charge >= 0.3 is 0 Å². The molecule has 2 nitrogen and oxygen atoms in total. The third-order valence-electron chi connectivity index (χ3n) is 1.55. The van der Waals surface area contributed by atoms with Gasteiger partial charge in [0.2, 0.25) is 0 Å². The molecule has 0 atom stereocenters. The van der Waals surface area contributed by atoms with Crippen molar-refractivity contribution in [2.24, 2.45) is 5.73 Å². The fourth-order valence-electron chi connectivity index (χ4n) is 1.02. The van der Waals surface area contributed by atoms with Gasteiger partial charge in [-0.25, -0.2) is 0 Å². The number of benzene rings is 1. The molecule has 0 radical (unpaired) electrons. The number of hydrogen-bond donors (Lipinski definition) is 1. The highest BCUT2D eigenvalue weighted by Gasteiger charge is 2.03. The maximum atomic E-state index is 11.2. The molecule has 72 valence electrons. The van der Waals surface area contributed by atoms with Gasteiger partial charge in [-0.15, -0.1) is 12.4 Å². The SMILES string of the molecule is Cc1cc(Br)cc(C(=O)CN)c1.Cl. The Morgan fingerprint density at radius 2 is 2.08 bits per heavy atom. The van der Waals surface area contributed by atoms with Crippen LogP contribution in [0.3, 0.4) is 0 Å². The zero-order valence-corrected chi connectivity index (χ0v) is 9.61. The number of hydrogen-bond acceptors (Lipinski definition) is 2. The van der Waals surface area contributed by atoms with Crippen molar-refractivity contribution >= 4 is 34.1 Å². The molecular weight excluding hydrogens is 253 g/mol. The van der Waals surface area contributed by atoms with Crippen molar-refractivity contribution in [2.75, 3.05) is 6.54 Å². The highest BCUT2D eigenvalue weighted by Crippen LogP contribution is 2.15. The van der Waals surface area contributed by atoms with E-state index in [0.717, 1.165) is 10.0 Å². The smallest absolute Gasteiger partial charge is 0.176 e. The molecule has 0 aliphatic rings. The summed E-state index contributed by atoms with van der Waals surface area (Å²) in [5.41, 5.74) is 6.97. The summed E-state index contributed by atoms with van der Waals surface area (Å²) in [4.78, 5) is 11.2. The van der Waals surface area contributed by atoms with E-state index < -0.39 is 0 Å². The lowest BCUT2D eigenvalue weighted by Crippen LogP contribution is -2.13. The second kappa shape index (κ2) is 5.37. The molecule has 0 aliphatic carbocycles. The Hall–Kier alpha value is -0.380. The second-order valence-electron chi connectivity index (χ2n) is 2.64. The predicted octanol–water partition coefficient (Wildman–Crippen LogP) is 2.32. The average Bonchev–Trinajstić information content (AvgIpc) is 2.01. The molecule has 1 aromatic rings. The molecular formula is C9H11BrClNO. The number of carbonyl (C=O) groups excluding carboxylic acids is 1. The van der Waals surface area contributed by atoms with Crippen LogP contribution in [0.5, 0.6) is 0 Å². The minimum Gasteiger partial charge on any atom is -0.324 e. The van der Waals surface area contributed by atoms with E-state index in [2.05, 4.69) is 15.9 Å². The van der Waals surface area contributed by atoms with E-state index in [9.17, 15) is 4.79 Å². The Labute approximate surface area is 92.0 Å². The number of halogens is 2. The monoisotopic (exact) mass is 263 g/mol. The molecule has 1 rings (SSSR count). The van der Waals surface area contributed by atoms with Gasteiger partial charge in [-0.3, -0.25) is 4.79 Å². The Balaban J connectivity index is 0.00000144. The van der Waals surface area contributed by atoms with Crippen LogP contribution in [-0.4, -0.2) is 12.3 Å². The van der Waals surface area contributed by atoms with E-state index in [-0.39, 0.29) is 24.7 Å². The summed E-state index contributed by atoms with van der Waals surface area (Å²) in [7, 11) is 0. The van der Waals surface area contributed by atoms with Crippen molar-refractivity contribution in [3.63, 3.8) is 0 Å². The number of rotatable bonds is 2. The van der Waals surface area contributed by atoms with Crippen molar-refractivity contribution < 1.29 is 4.79 Å². The molecule has 4 heteroatoms. The van der Waals surface area contributed by atoms with Crippen molar-refractivity contribution in [3.8, 4) is 0 Å². The summed E-state index contributed by atoms with van der Waals surface area (Å²) < 4.78 is 0.916. The lowest BCUT2D eigenvalue weighted by atomic mass is 10.1. The molecule has 0 spiro atoms. The summed E-state index contributed by atoms with van der Waals surface area (Å²) in [5.74, 6) is -0.0283. The first-order valence-corrected chi connectivity index (χ1v) is 4.43. The lowest BCUT2D eigenvalue weighted by Gasteiger charge is -2.00. The second-order valence-corrected chi connectivity index (χ2v) is 3.56. The minimum atomic E-state index is -0.0283. The molecule has 2 N–H and O–H groups in total. The Bertz CT molecular complexity index is 294. The van der Waals surface area contributed by atoms with E-state index in [1.165, 1.54) is 0 Å². The Kier molecular flexibility index (Phi) is 5.21. The van der Waals surface area contributed by atoms with Gasteiger partial charge < -0.3 is 5.73 Å². The zero-order valence-electron chi connectivity index (χ0n) is 7.21. The first-order chi connectivity index (χ1) is 5.63. The summed E-state index contributed by atoms with van der Waals surface area (Å²) in [6.07, 6.45) is 0. The van der Waals surface area contributed by atoms with Crippen LogP contribution in [0.2, 0.25) is 0 Å². The van der Waals surface area contributed by atoms with Crippen LogP contribution in [0.15, 0.2) is 22.7 Å². The fourth-order valence-corrected chi connectivity index (χ4v) is 1.62. The van der Waals surface area contributed by atoms with Gasteiger partial charge in [0.25, 0.3) is 0 Å². The summed E-state index contributed by atoms with van der Waals surface area (Å²) in [6.45, 7) is 2.01. The van der Waals surface area contributed by atoms with Crippen molar-refractivity contribution in [1.82, 2.24) is 0 Å². The molecule has 0 aromatic heterocycles. The highest BCUT2D eigenvalue weighted by molar-refractivity contribution is 9.10. The average molecular weight is 265 g/mol. The van der Waals surface area contributed by atoms with Crippen LogP contribution in [0.25, 0.3) is 0 Å². The van der Waals surface area contributed by atoms with Gasteiger partial charge in [0, 0.05) is 10.0 Å². The first-order valence-electron chi connectivity index (χ1n) is 3.64. The minimum absolute atomic E-state index is 0. The standard InChI is InChI=1S/C9H10BrNO.ClH/c1-6-2-7(9(12)5-11)4-8(10)3-6;/h2-4H,5,11H2,1H3;1H. The third-order valence-corrected chi connectivity index (χ3v) is 2.01. The van der Waals surface area contributed by atoms with Gasteiger partial charge in [0.05, 0.1) is 6.54 Å². The Morgan fingerprint density at radius 1 is 1.46 bits per heavy atom. The van der Waals surface area contributed by atoms with Crippen LogP contribution in [0, 0.1) is 6.92 Å². The van der Waals surface area contributed by atoms with E-state index in [4.69, 9.17) is 5.73 Å². The van der Waals surface area contributed by atoms with Crippen LogP contribution in [-0.2, 0) is 0 Å². The number of ketones is 1. The number of carbonyl (C=O) groups is 1. The zero-order chi connectivity index (χ0) is 9.14. The molecule has 0 saturated heterocycles. The van der Waals surface area contributed by atoms with Crippen molar-refractivity contribution in [1.29, 1.82) is 0 Å². The van der Waals surface area contributed by atoms with Crippen molar-refractivity contribution in [3.05, 3.63) is 33.8 Å². The van der Waals surface area contributed by atoms with Gasteiger partial charge in [0.1, 0.15) is 0 Å². The van der Waals surface area contributed by atoms with Gasteiger partial charge in [-0.2, -0.15) is 0 Å². The molecule has 0 fully saturated rings. The summed E-state index contributed by atoms with van der Waals surface area (Å²) >= 11 is 3.32. The van der Waals surface area contributed by atoms with Gasteiger partial charge in [-0.05, 0) is 30.7 Å². The summed E-state index contributed by atoms with van der Waals surface area (Å²) in [5, 5.41) is 0. The summed E-state index contributed by atoms with van der Waals surface area (Å²) in [6, 6.07) is 5.56. The van der Waals surface area contributed by atoms with Crippen LogP contribution >= 0.6 is 28.3 Å². The first kappa shape index (κ1) is 12.6. The van der Waals surface area contributed by atoms with E-state index in [0.29, 0.717) is 5.56 Å². The third kappa shape index (κ3) is 3.46. The molecule has 0 heterocycles. The predicted molar refractivity (Wildman–Crippen MR) is 59.5 cm³/mol. The van der Waals surface area contributed by atoms with Crippen LogP contribution in [0.1, 0.15) is 15.9 Å². The maximum absolute atomic E-state index is 11.2. The number of Topliss-reactive ketones (excluding diaryl/α,β-unsaturated/α-hetero) is 1. The lowest BCUT2D eigenvalue weighted by molar-refractivity contribution is 0.100. The molecule has 13 heavy (non-hydrogen) atoms. The van der Waals surface area contributed by atoms with Gasteiger partial charge in [-0.1, -0.05) is 15.9 Å².